The first-order chi connectivity index (χ1) is 14.0. The number of hydrogen-bond acceptors (Lipinski definition) is 4. The van der Waals surface area contributed by atoms with Crippen LogP contribution in [-0.4, -0.2) is 42.1 Å². The fraction of sp³-hybridized carbons (Fsp3) is 0.273. The molecular formula is C22H21N3O4. The molecule has 29 heavy (non-hydrogen) atoms. The van der Waals surface area contributed by atoms with Crippen molar-refractivity contribution in [1.82, 2.24) is 15.1 Å². The van der Waals surface area contributed by atoms with Crippen LogP contribution in [0.25, 0.3) is 0 Å². The summed E-state index contributed by atoms with van der Waals surface area (Å²) in [6, 6.07) is 13.0. The molecule has 1 unspecified atom stereocenters. The second-order valence-corrected chi connectivity index (χ2v) is 7.56. The van der Waals surface area contributed by atoms with Gasteiger partial charge in [-0.25, -0.2) is 4.79 Å². The number of nitrogens with zero attached hydrogens (tertiary/aromatic N) is 2. The van der Waals surface area contributed by atoms with E-state index in [1.807, 2.05) is 49.4 Å². The molecule has 3 amide bonds. The van der Waals surface area contributed by atoms with Crippen LogP contribution in [0.4, 0.5) is 4.79 Å². The number of benzene rings is 2. The van der Waals surface area contributed by atoms with Crippen molar-refractivity contribution in [2.24, 2.45) is 0 Å². The predicted molar refractivity (Wildman–Crippen MR) is 105 cm³/mol. The monoisotopic (exact) mass is 391 g/mol. The van der Waals surface area contributed by atoms with E-state index in [9.17, 15) is 9.59 Å². The van der Waals surface area contributed by atoms with Gasteiger partial charge in [-0.3, -0.25) is 9.69 Å². The number of nitrogens with one attached hydrogen (secondary N) is 1. The molecule has 2 aromatic rings. The molecule has 0 bridgehead atoms. The summed E-state index contributed by atoms with van der Waals surface area (Å²) in [5.41, 5.74) is 4.38. The molecule has 3 aliphatic heterocycles. The van der Waals surface area contributed by atoms with Crippen molar-refractivity contribution in [1.29, 1.82) is 0 Å². The van der Waals surface area contributed by atoms with E-state index in [1.54, 1.807) is 11.9 Å². The van der Waals surface area contributed by atoms with E-state index in [0.29, 0.717) is 30.2 Å². The molecule has 0 radical (unpaired) electrons. The summed E-state index contributed by atoms with van der Waals surface area (Å²) in [7, 11) is 1.70. The minimum Gasteiger partial charge on any atom is -0.454 e. The molecule has 0 saturated heterocycles. The topological polar surface area (TPSA) is 71.1 Å². The maximum absolute atomic E-state index is 13.3. The Morgan fingerprint density at radius 3 is 2.62 bits per heavy atom. The molecule has 5 rings (SSSR count). The highest BCUT2D eigenvalue weighted by Crippen LogP contribution is 2.37. The molecule has 0 spiro atoms. The van der Waals surface area contributed by atoms with E-state index in [1.165, 1.54) is 4.90 Å². The lowest BCUT2D eigenvalue weighted by molar-refractivity contribution is -0.126. The number of likely N-dealkylation sites (N-methyl/N-ethyl adjacent to an activating group) is 1. The van der Waals surface area contributed by atoms with E-state index in [0.717, 1.165) is 22.4 Å². The van der Waals surface area contributed by atoms with Gasteiger partial charge in [0, 0.05) is 13.6 Å². The van der Waals surface area contributed by atoms with Gasteiger partial charge in [0.1, 0.15) is 0 Å². The first-order valence-electron chi connectivity index (χ1n) is 9.53. The largest absolute Gasteiger partial charge is 0.454 e. The zero-order valence-corrected chi connectivity index (χ0v) is 16.3. The first kappa shape index (κ1) is 17.6. The average Bonchev–Trinajstić information content (AvgIpc) is 3.30. The van der Waals surface area contributed by atoms with Crippen LogP contribution in [0.1, 0.15) is 22.7 Å². The Bertz CT molecular complexity index is 1040. The Kier molecular flexibility index (Phi) is 3.97. The summed E-state index contributed by atoms with van der Waals surface area (Å²) in [6.45, 7) is 3.06. The third-order valence-corrected chi connectivity index (χ3v) is 5.66. The summed E-state index contributed by atoms with van der Waals surface area (Å²) < 4.78 is 10.8. The molecule has 3 heterocycles. The van der Waals surface area contributed by atoms with E-state index in [2.05, 4.69) is 5.32 Å². The van der Waals surface area contributed by atoms with E-state index < -0.39 is 6.04 Å². The van der Waals surface area contributed by atoms with Gasteiger partial charge in [-0.05, 0) is 30.2 Å². The number of urea groups is 1. The molecule has 7 heteroatoms. The van der Waals surface area contributed by atoms with Crippen molar-refractivity contribution in [3.05, 3.63) is 70.4 Å². The van der Waals surface area contributed by atoms with Crippen LogP contribution in [0.5, 0.6) is 11.5 Å². The van der Waals surface area contributed by atoms with Gasteiger partial charge < -0.3 is 19.7 Å². The fourth-order valence-electron chi connectivity index (χ4n) is 4.02. The summed E-state index contributed by atoms with van der Waals surface area (Å²) in [5, 5.41) is 2.97. The number of aryl methyl sites for hydroxylation is 1. The van der Waals surface area contributed by atoms with Crippen molar-refractivity contribution in [3.63, 3.8) is 0 Å². The number of ether oxygens (including phenoxy) is 2. The van der Waals surface area contributed by atoms with Crippen LogP contribution in [0.2, 0.25) is 0 Å². The summed E-state index contributed by atoms with van der Waals surface area (Å²) in [5.74, 6) is 1.35. The molecule has 1 N–H and O–H groups in total. The maximum atomic E-state index is 13.3. The number of amides is 3. The van der Waals surface area contributed by atoms with Crippen LogP contribution in [0.3, 0.4) is 0 Å². The van der Waals surface area contributed by atoms with Gasteiger partial charge in [0.05, 0.1) is 23.9 Å². The Labute approximate surface area is 168 Å². The van der Waals surface area contributed by atoms with Crippen LogP contribution in [0, 0.1) is 6.92 Å². The van der Waals surface area contributed by atoms with Crippen molar-refractivity contribution < 1.29 is 19.1 Å². The zero-order chi connectivity index (χ0) is 20.1. The molecule has 0 fully saturated rings. The smallest absolute Gasteiger partial charge is 0.322 e. The lowest BCUT2D eigenvalue weighted by Gasteiger charge is -2.31. The van der Waals surface area contributed by atoms with Gasteiger partial charge in [0.25, 0.3) is 5.91 Å². The number of carbonyl (C=O) groups excluding carboxylic acids is 2. The highest BCUT2D eigenvalue weighted by Gasteiger charge is 2.42. The van der Waals surface area contributed by atoms with Crippen LogP contribution in [-0.2, 0) is 11.3 Å². The molecule has 0 saturated carbocycles. The Morgan fingerprint density at radius 1 is 1.07 bits per heavy atom. The van der Waals surface area contributed by atoms with Crippen molar-refractivity contribution in [2.75, 3.05) is 20.4 Å². The highest BCUT2D eigenvalue weighted by atomic mass is 16.7. The minimum absolute atomic E-state index is 0.0601. The second-order valence-electron chi connectivity index (χ2n) is 7.56. The Morgan fingerprint density at radius 2 is 1.83 bits per heavy atom. The lowest BCUT2D eigenvalue weighted by atomic mass is 9.95. The molecule has 2 aromatic carbocycles. The van der Waals surface area contributed by atoms with Gasteiger partial charge in [-0.2, -0.15) is 0 Å². The molecular weight excluding hydrogens is 370 g/mol. The summed E-state index contributed by atoms with van der Waals surface area (Å²) in [6.07, 6.45) is 0. The van der Waals surface area contributed by atoms with Crippen molar-refractivity contribution in [3.8, 4) is 11.5 Å². The lowest BCUT2D eigenvalue weighted by Crippen LogP contribution is -2.45. The van der Waals surface area contributed by atoms with Gasteiger partial charge in [-0.1, -0.05) is 35.9 Å². The van der Waals surface area contributed by atoms with E-state index >= 15 is 0 Å². The fourth-order valence-corrected chi connectivity index (χ4v) is 4.02. The van der Waals surface area contributed by atoms with E-state index in [4.69, 9.17) is 9.47 Å². The van der Waals surface area contributed by atoms with Crippen LogP contribution < -0.4 is 14.8 Å². The molecule has 0 aromatic heterocycles. The molecule has 3 aliphatic rings. The molecule has 0 aliphatic carbocycles. The third kappa shape index (κ3) is 2.90. The van der Waals surface area contributed by atoms with Gasteiger partial charge >= 0.3 is 6.03 Å². The molecule has 148 valence electrons. The van der Waals surface area contributed by atoms with E-state index in [-0.39, 0.29) is 18.7 Å². The predicted octanol–water partition coefficient (Wildman–Crippen LogP) is 2.72. The number of rotatable bonds is 3. The number of fused-ring (bicyclic) bond motifs is 1. The highest BCUT2D eigenvalue weighted by molar-refractivity contribution is 6.01. The molecule has 1 atom stereocenters. The van der Waals surface area contributed by atoms with Crippen molar-refractivity contribution in [2.45, 2.75) is 19.5 Å². The normalized spacial score (nSPS) is 20.3. The standard InChI is InChI=1S/C22H21N3O4/c1-13-3-6-15(7-4-13)20-19-16(24(2)22(27)23-20)11-25(21(19)26)10-14-5-8-17-18(9-14)29-12-28-17/h3-9,20H,10-12H2,1-2H3,(H,23,27). The first-order valence-corrected chi connectivity index (χ1v) is 9.53. The molecule has 7 nitrogen and oxygen atoms in total. The Balaban J connectivity index is 1.44. The van der Waals surface area contributed by atoms with Crippen LogP contribution in [0.15, 0.2) is 53.7 Å². The maximum Gasteiger partial charge on any atom is 0.322 e. The summed E-state index contributed by atoms with van der Waals surface area (Å²) >= 11 is 0. The minimum atomic E-state index is -0.441. The van der Waals surface area contributed by atoms with Gasteiger partial charge in [-0.15, -0.1) is 0 Å². The number of carbonyl (C=O) groups is 2. The summed E-state index contributed by atoms with van der Waals surface area (Å²) in [4.78, 5) is 29.1. The average molecular weight is 391 g/mol. The third-order valence-electron chi connectivity index (χ3n) is 5.66. The zero-order valence-electron chi connectivity index (χ0n) is 16.3. The van der Waals surface area contributed by atoms with Gasteiger partial charge in [0.15, 0.2) is 11.5 Å². The van der Waals surface area contributed by atoms with Gasteiger partial charge in [0.2, 0.25) is 6.79 Å². The Hall–Kier alpha value is -3.48. The second kappa shape index (κ2) is 6.55. The SMILES string of the molecule is Cc1ccc(C2NC(=O)N(C)C3=C2C(=O)N(Cc2ccc4c(c2)OCO4)C3)cc1. The number of hydrogen-bond donors (Lipinski definition) is 1. The van der Waals surface area contributed by atoms with Crippen LogP contribution >= 0.6 is 0 Å². The quantitative estimate of drug-likeness (QED) is 0.873. The van der Waals surface area contributed by atoms with Crippen molar-refractivity contribution >= 4 is 11.9 Å².